The lowest BCUT2D eigenvalue weighted by Gasteiger charge is -2.46. The minimum Gasteiger partial charge on any atom is -0.462 e. The summed E-state index contributed by atoms with van der Waals surface area (Å²) in [5, 5.41) is 175. The molecule has 5 aliphatic rings. The number of amides is 4. The van der Waals surface area contributed by atoms with Gasteiger partial charge in [-0.3, -0.25) is 39.6 Å². The molecule has 20 unspecified atom stereocenters. The Morgan fingerprint density at radius 2 is 1.29 bits per heavy atom. The highest BCUT2D eigenvalue weighted by molar-refractivity contribution is 5.96. The highest BCUT2D eigenvalue weighted by atomic mass is 16.7. The lowest BCUT2D eigenvalue weighted by atomic mass is 9.93. The molecule has 36 heteroatoms. The normalized spacial score (nSPS) is 32.2. The molecule has 0 aromatic heterocycles. The van der Waals surface area contributed by atoms with E-state index < -0.39 is 227 Å². The van der Waals surface area contributed by atoms with E-state index in [9.17, 15) is 95.2 Å². The number of aliphatic hydroxyl groups is 13. The van der Waals surface area contributed by atoms with Gasteiger partial charge in [-0.25, -0.2) is 0 Å². The molecule has 7 rings (SSSR count). The topological polar surface area (TPSA) is 582 Å². The number of esters is 1. The number of aliphatic hydroxyl groups excluding tert-OH is 13. The van der Waals surface area contributed by atoms with Crippen LogP contribution >= 0.6 is 0 Å². The Morgan fingerprint density at radius 3 is 1.89 bits per heavy atom. The number of nitrogens with one attached hydrogen (secondary N) is 9. The first-order chi connectivity index (χ1) is 44.2. The molecule has 4 amide bonds. The fraction of sp³-hybridized carbons (Fsp3) is 0.649. The number of nitrogens with zero attached hydrogens (tertiary/aromatic N) is 1. The van der Waals surface area contributed by atoms with Crippen LogP contribution in [-0.4, -0.2) is 305 Å². The average Bonchev–Trinajstić information content (AvgIpc) is 1.77. The van der Waals surface area contributed by atoms with Crippen molar-refractivity contribution in [2.75, 3.05) is 39.5 Å². The van der Waals surface area contributed by atoms with Crippen molar-refractivity contribution in [1.29, 1.82) is 10.8 Å². The second-order valence-electron chi connectivity index (χ2n) is 23.6. The number of benzene rings is 2. The lowest BCUT2D eigenvalue weighted by Crippen LogP contribution is -2.69. The molecule has 0 bridgehead atoms. The zero-order chi connectivity index (χ0) is 68.3. The Bertz CT molecular complexity index is 2860. The molecule has 2 aromatic carbocycles. The van der Waals surface area contributed by atoms with E-state index in [2.05, 4.69) is 37.2 Å². The molecule has 36 nitrogen and oxygen atoms in total. The molecule has 24 N–H and O–H groups in total. The number of guanidine groups is 2. The second kappa shape index (κ2) is 33.0. The van der Waals surface area contributed by atoms with Gasteiger partial charge in [0.25, 0.3) is 0 Å². The second-order valence-corrected chi connectivity index (χ2v) is 23.6. The lowest BCUT2D eigenvalue weighted by molar-refractivity contribution is -0.353. The van der Waals surface area contributed by atoms with Crippen LogP contribution in [0.3, 0.4) is 0 Å². The van der Waals surface area contributed by atoms with Gasteiger partial charge in [-0.15, -0.1) is 0 Å². The third-order valence-electron chi connectivity index (χ3n) is 16.5. The molecule has 5 fully saturated rings. The Labute approximate surface area is 531 Å². The number of carbonyl (C=O) groups is 5. The van der Waals surface area contributed by atoms with Gasteiger partial charge >= 0.3 is 5.97 Å². The molecule has 0 spiro atoms. The van der Waals surface area contributed by atoms with E-state index in [1.54, 1.807) is 51.1 Å². The van der Waals surface area contributed by atoms with Crippen LogP contribution in [0.1, 0.15) is 44.2 Å². The summed E-state index contributed by atoms with van der Waals surface area (Å²) in [6, 6.07) is 1.78. The van der Waals surface area contributed by atoms with E-state index in [0.29, 0.717) is 5.56 Å². The quantitative estimate of drug-likeness (QED) is 0.0336. The van der Waals surface area contributed by atoms with Gasteiger partial charge in [0.2, 0.25) is 36.2 Å². The van der Waals surface area contributed by atoms with Crippen molar-refractivity contribution in [1.82, 2.24) is 42.1 Å². The van der Waals surface area contributed by atoms with Gasteiger partial charge in [-0.05, 0) is 29.2 Å². The van der Waals surface area contributed by atoms with E-state index in [0.717, 1.165) is 4.90 Å². The molecule has 1 radical (unpaired) electrons. The van der Waals surface area contributed by atoms with Crippen molar-refractivity contribution in [2.45, 2.75) is 186 Å². The van der Waals surface area contributed by atoms with Crippen molar-refractivity contribution in [3.63, 3.8) is 0 Å². The van der Waals surface area contributed by atoms with Gasteiger partial charge in [-0.2, -0.15) is 0 Å². The van der Waals surface area contributed by atoms with Crippen LogP contribution in [0.2, 0.25) is 0 Å². The van der Waals surface area contributed by atoms with Crippen LogP contribution in [0.4, 0.5) is 0 Å². The zero-order valence-electron chi connectivity index (χ0n) is 50.6. The highest BCUT2D eigenvalue weighted by Crippen LogP contribution is 2.33. The van der Waals surface area contributed by atoms with Crippen LogP contribution in [-0.2, 0) is 58.9 Å². The minimum absolute atomic E-state index is 0.0616. The maximum Gasteiger partial charge on any atom is 0.306 e. The number of hydrogen-bond donors (Lipinski definition) is 23. The zero-order valence-corrected chi connectivity index (χ0v) is 50.6. The van der Waals surface area contributed by atoms with E-state index in [1.165, 1.54) is 30.6 Å². The van der Waals surface area contributed by atoms with Gasteiger partial charge in [-0.1, -0.05) is 63.2 Å². The van der Waals surface area contributed by atoms with Gasteiger partial charge in [0.1, 0.15) is 109 Å². The van der Waals surface area contributed by atoms with Gasteiger partial charge in [0.05, 0.1) is 44.6 Å². The number of carbonyl (C=O) groups excluding carboxylic acids is 6. The molecule has 0 aliphatic carbocycles. The largest absolute Gasteiger partial charge is 0.462 e. The molecule has 25 atom stereocenters. The van der Waals surface area contributed by atoms with Crippen LogP contribution < -0.4 is 47.7 Å². The van der Waals surface area contributed by atoms with Gasteiger partial charge in [0, 0.05) is 31.8 Å². The van der Waals surface area contributed by atoms with E-state index in [4.69, 9.17) is 45.0 Å². The first-order valence-corrected chi connectivity index (χ1v) is 29.9. The molecule has 517 valence electrons. The first kappa shape index (κ1) is 73.5. The van der Waals surface area contributed by atoms with Crippen LogP contribution in [0.15, 0.2) is 54.6 Å². The van der Waals surface area contributed by atoms with Crippen molar-refractivity contribution >= 4 is 47.8 Å². The number of ether oxygens (including phenoxy) is 6. The smallest absolute Gasteiger partial charge is 0.306 e. The summed E-state index contributed by atoms with van der Waals surface area (Å²) in [6.45, 7) is 0.726. The predicted molar refractivity (Wildman–Crippen MR) is 314 cm³/mol. The molecule has 2 aromatic rings. The first-order valence-electron chi connectivity index (χ1n) is 29.9. The third-order valence-corrected chi connectivity index (χ3v) is 16.5. The molecule has 5 heterocycles. The summed E-state index contributed by atoms with van der Waals surface area (Å²) < 4.78 is 34.0. The van der Waals surface area contributed by atoms with Crippen LogP contribution in [0.5, 0.6) is 5.75 Å². The number of hydrogen-bond acceptors (Lipinski definition) is 28. The monoisotopic (exact) mass is 1320 g/mol. The Kier molecular flexibility index (Phi) is 26.0. The Morgan fingerprint density at radius 1 is 0.677 bits per heavy atom. The Balaban J connectivity index is 1.14. The number of nitrogens with two attached hydrogens (primary N) is 1. The molecule has 93 heavy (non-hydrogen) atoms. The maximum absolute atomic E-state index is 14.9. The van der Waals surface area contributed by atoms with E-state index in [1.807, 2.05) is 0 Å². The molecule has 5 saturated heterocycles. The third kappa shape index (κ3) is 17.5. The highest BCUT2D eigenvalue weighted by Gasteiger charge is 2.55. The van der Waals surface area contributed by atoms with Crippen molar-refractivity contribution < 1.29 is 124 Å². The van der Waals surface area contributed by atoms with Crippen molar-refractivity contribution in [3.8, 4) is 5.75 Å². The molecular formula is C57H84N11O25. The summed E-state index contributed by atoms with van der Waals surface area (Å²) in [7, 11) is 0. The summed E-state index contributed by atoms with van der Waals surface area (Å²) >= 11 is 0. The summed E-state index contributed by atoms with van der Waals surface area (Å²) in [4.78, 5) is 83.3. The summed E-state index contributed by atoms with van der Waals surface area (Å²) in [5.74, 6) is -7.55. The Hall–Kier alpha value is -6.92. The fourth-order valence-electron chi connectivity index (χ4n) is 11.2. The van der Waals surface area contributed by atoms with E-state index in [-0.39, 0.29) is 36.2 Å². The van der Waals surface area contributed by atoms with E-state index >= 15 is 0 Å². The standard InChI is InChI=1S/C57H84N11O25/c1-22(2)13-34(74)92-48-41(78)32(20-72)90-55(46(48)83)93-47-33(21-73)91-54(45(82)43(47)80)88-27-11-9-24(10-12-27)14-28(64-50(85)35(58)23(3)25-7-5-4-6-8-25)49(84)66-36(38(75)29-15-61-56(59)65-29)52(87)67-37(51(86)63-26(17-69)18-70)39(76)30-16-62-57(60)68(30)53-44(81)42(79)40(77)31(19-71)89-53/h4-12,22-23,26,28-33,35-48,53-55,69,71-73,75-83H,13-17,19-21,58H2,1-3H3,(H2,60,62)(H,63,86)(H,64,85)(H,66,84)(H,67,87)(H3,59,61,65)/t23?,26-,28-,29?,30?,31?,32?,33?,35-,36-,37-,38?,39?,40?,41?,42?,43?,44?,45?,46?,47?,48?,53?,54?,55?/m0/s1. The van der Waals surface area contributed by atoms with Gasteiger partial charge in [0.15, 0.2) is 30.5 Å². The maximum atomic E-state index is 14.9. The van der Waals surface area contributed by atoms with Crippen molar-refractivity contribution in [2.24, 2.45) is 11.7 Å². The average molecular weight is 1320 g/mol. The van der Waals surface area contributed by atoms with Crippen LogP contribution in [0.25, 0.3) is 0 Å². The minimum atomic E-state index is -2.30. The molecular weight excluding hydrogens is 1240 g/mol. The predicted octanol–water partition coefficient (Wildman–Crippen LogP) is -10.8. The summed E-state index contributed by atoms with van der Waals surface area (Å²) in [6.07, 6.45) is -30.2. The summed E-state index contributed by atoms with van der Waals surface area (Å²) in [5.41, 5.74) is 7.38. The SMILES string of the molecule is CC(C)CC(=O)OC1C(O)C(CO)OC(OC2C(CO)OC(Oc3ccc(C[C@H](NC(=O)[C@@H](N)C(C)c4ccccc4)C(=O)N[C@H](C(=O)N[C@H](C(=O)N[C@H]([C]=O)CO)C(O)C4CNC(=N)N4C4OC(CO)C(O)C(O)C4O)C(O)C4CNC(=N)N4)cc3)C(O)C2O)C1O. The number of rotatable bonds is 29. The van der Waals surface area contributed by atoms with Gasteiger partial charge < -0.3 is 143 Å². The van der Waals surface area contributed by atoms with Crippen LogP contribution in [0, 0.1) is 16.7 Å². The fourth-order valence-corrected chi connectivity index (χ4v) is 11.2. The molecule has 5 aliphatic heterocycles. The van der Waals surface area contributed by atoms with Crippen molar-refractivity contribution in [3.05, 3.63) is 65.7 Å². The molecule has 0 saturated carbocycles.